The number of aromatic nitrogens is 7. The first kappa shape index (κ1) is 26.7. The fourth-order valence-electron chi connectivity index (χ4n) is 6.60. The molecule has 0 aliphatic carbocycles. The molecule has 0 spiro atoms. The second-order valence-electron chi connectivity index (χ2n) is 11.0. The Kier molecular flexibility index (Phi) is 6.37. The molecule has 3 atom stereocenters. The van der Waals surface area contributed by atoms with Gasteiger partial charge >= 0.3 is 0 Å². The number of halogens is 1. The van der Waals surface area contributed by atoms with Crippen LogP contribution in [-0.2, 0) is 0 Å². The van der Waals surface area contributed by atoms with E-state index < -0.39 is 5.82 Å². The van der Waals surface area contributed by atoms with Crippen LogP contribution in [0.3, 0.4) is 0 Å². The van der Waals surface area contributed by atoms with Crippen LogP contribution in [0, 0.1) is 5.82 Å². The Morgan fingerprint density at radius 1 is 1.09 bits per heavy atom. The minimum atomic E-state index is -0.436. The molecule has 2 unspecified atom stereocenters. The molecule has 13 heteroatoms. The van der Waals surface area contributed by atoms with Crippen molar-refractivity contribution in [1.82, 2.24) is 39.7 Å². The molecule has 7 rings (SSSR count). The second-order valence-corrected chi connectivity index (χ2v) is 11.0. The molecule has 2 aliphatic heterocycles. The SMILES string of the molecule is COc1ccc(-c2ccc(-c3cnn4c(N)c(C(C)=O)c(C5CC6CC[C@H](C5)N6C(=O)c5nnc[nH]5)nc34)cn2)c(F)c1. The van der Waals surface area contributed by atoms with E-state index in [4.69, 9.17) is 15.5 Å². The van der Waals surface area contributed by atoms with Gasteiger partial charge in [0.1, 0.15) is 23.7 Å². The number of pyridine rings is 1. The largest absolute Gasteiger partial charge is 0.497 e. The van der Waals surface area contributed by atoms with Crippen LogP contribution in [0.25, 0.3) is 28.0 Å². The monoisotopic (exact) mass is 581 g/mol. The van der Waals surface area contributed by atoms with Gasteiger partial charge < -0.3 is 20.4 Å². The second kappa shape index (κ2) is 10.3. The molecule has 3 N–H and O–H groups in total. The van der Waals surface area contributed by atoms with E-state index in [-0.39, 0.29) is 41.3 Å². The first-order valence-electron chi connectivity index (χ1n) is 14.0. The number of hydrogen-bond donors (Lipinski definition) is 2. The number of H-pyrrole nitrogens is 1. The maximum atomic E-state index is 14.7. The van der Waals surface area contributed by atoms with Crippen molar-refractivity contribution in [2.75, 3.05) is 12.8 Å². The number of rotatable bonds is 6. The van der Waals surface area contributed by atoms with Crippen LogP contribution in [0.2, 0.25) is 0 Å². The number of aromatic amines is 1. The van der Waals surface area contributed by atoms with E-state index in [9.17, 15) is 14.0 Å². The smallest absolute Gasteiger partial charge is 0.292 e. The van der Waals surface area contributed by atoms with Crippen molar-refractivity contribution in [2.45, 2.75) is 50.6 Å². The summed E-state index contributed by atoms with van der Waals surface area (Å²) in [4.78, 5) is 40.3. The standard InChI is InChI=1S/C30H28FN9O3/c1-15(41)25-26(17-9-18-4-5-19(10-17)39(18)30(42)28-34-14-35-38-28)37-29-22(13-36-40(29)27(25)32)16-3-8-24(33-12-16)21-7-6-20(43-2)11-23(21)31/h3,6-8,11-14,17-19H,4-5,9-10,32H2,1-2H3,(H,34,35,38)/t17?,18-,19?/m1/s1. The highest BCUT2D eigenvalue weighted by atomic mass is 19.1. The third kappa shape index (κ3) is 4.39. The molecule has 2 saturated heterocycles. The summed E-state index contributed by atoms with van der Waals surface area (Å²) in [5.74, 6) is -0.00912. The number of nitrogens with one attached hydrogen (secondary N) is 1. The molecule has 2 fully saturated rings. The van der Waals surface area contributed by atoms with E-state index >= 15 is 0 Å². The summed E-state index contributed by atoms with van der Waals surface area (Å²) in [7, 11) is 1.48. The zero-order valence-electron chi connectivity index (χ0n) is 23.5. The number of piperidine rings is 1. The van der Waals surface area contributed by atoms with Gasteiger partial charge in [0.15, 0.2) is 11.4 Å². The van der Waals surface area contributed by atoms with E-state index in [0.29, 0.717) is 57.9 Å². The number of ether oxygens (including phenoxy) is 1. The lowest BCUT2D eigenvalue weighted by atomic mass is 9.85. The first-order valence-corrected chi connectivity index (χ1v) is 14.0. The number of anilines is 1. The Hall–Kier alpha value is -5.20. The molecular weight excluding hydrogens is 553 g/mol. The van der Waals surface area contributed by atoms with Crippen LogP contribution in [0.15, 0.2) is 49.1 Å². The molecule has 4 aromatic heterocycles. The van der Waals surface area contributed by atoms with Crippen LogP contribution >= 0.6 is 0 Å². The average molecular weight is 582 g/mol. The van der Waals surface area contributed by atoms with Crippen molar-refractivity contribution in [3.63, 3.8) is 0 Å². The van der Waals surface area contributed by atoms with Crippen molar-refractivity contribution in [2.24, 2.45) is 0 Å². The topological polar surface area (TPSA) is 157 Å². The minimum Gasteiger partial charge on any atom is -0.497 e. The average Bonchev–Trinajstić information content (AvgIpc) is 3.75. The van der Waals surface area contributed by atoms with Crippen LogP contribution in [-0.4, -0.2) is 70.5 Å². The number of carbonyl (C=O) groups excluding carboxylic acids is 2. The number of nitrogens with two attached hydrogens (primary N) is 1. The summed E-state index contributed by atoms with van der Waals surface area (Å²) in [5, 5.41) is 12.1. The molecule has 1 aromatic carbocycles. The number of nitrogen functional groups attached to an aromatic ring is 1. The van der Waals surface area contributed by atoms with Crippen LogP contribution in [0.5, 0.6) is 5.75 Å². The minimum absolute atomic E-state index is 0.0140. The molecule has 1 amide bonds. The molecule has 218 valence electrons. The lowest BCUT2D eigenvalue weighted by molar-refractivity contribution is 0.0556. The van der Waals surface area contributed by atoms with Crippen LogP contribution in [0.4, 0.5) is 10.2 Å². The molecule has 12 nitrogen and oxygen atoms in total. The zero-order chi connectivity index (χ0) is 29.8. The molecule has 0 radical (unpaired) electrons. The third-order valence-electron chi connectivity index (χ3n) is 8.56. The summed E-state index contributed by atoms with van der Waals surface area (Å²) in [6.45, 7) is 1.48. The van der Waals surface area contributed by atoms with Gasteiger partial charge in [-0.1, -0.05) is 6.07 Å². The number of fused-ring (bicyclic) bond motifs is 3. The van der Waals surface area contributed by atoms with E-state index in [1.807, 2.05) is 11.0 Å². The third-order valence-corrected chi connectivity index (χ3v) is 8.56. The predicted octanol–water partition coefficient (Wildman–Crippen LogP) is 4.06. The van der Waals surface area contributed by atoms with Gasteiger partial charge in [-0.15, -0.1) is 10.2 Å². The highest BCUT2D eigenvalue weighted by molar-refractivity contribution is 6.00. The van der Waals surface area contributed by atoms with Gasteiger partial charge in [0.25, 0.3) is 5.91 Å². The number of hydrogen-bond acceptors (Lipinski definition) is 9. The summed E-state index contributed by atoms with van der Waals surface area (Å²) in [6, 6.07) is 8.16. The number of benzene rings is 1. The Balaban J connectivity index is 1.24. The predicted molar refractivity (Wildman–Crippen MR) is 154 cm³/mol. The van der Waals surface area contributed by atoms with Gasteiger partial charge in [0, 0.05) is 47.0 Å². The molecule has 2 aliphatic rings. The van der Waals surface area contributed by atoms with E-state index in [1.165, 1.54) is 30.9 Å². The molecule has 0 saturated carbocycles. The van der Waals surface area contributed by atoms with Crippen molar-refractivity contribution >= 4 is 23.2 Å². The Morgan fingerprint density at radius 2 is 1.88 bits per heavy atom. The van der Waals surface area contributed by atoms with Gasteiger partial charge in [0.2, 0.25) is 5.82 Å². The number of carbonyl (C=O) groups is 2. The van der Waals surface area contributed by atoms with Crippen LogP contribution in [0.1, 0.15) is 65.2 Å². The van der Waals surface area contributed by atoms with Crippen molar-refractivity contribution in [3.8, 4) is 28.1 Å². The lowest BCUT2D eigenvalue weighted by Gasteiger charge is -2.38. The van der Waals surface area contributed by atoms with Gasteiger partial charge in [0.05, 0.1) is 30.3 Å². The lowest BCUT2D eigenvalue weighted by Crippen LogP contribution is -2.46. The van der Waals surface area contributed by atoms with Crippen molar-refractivity contribution in [3.05, 3.63) is 72.0 Å². The zero-order valence-corrected chi connectivity index (χ0v) is 23.5. The number of amides is 1. The van der Waals surface area contributed by atoms with Gasteiger partial charge in [-0.2, -0.15) is 9.61 Å². The summed E-state index contributed by atoms with van der Waals surface area (Å²) < 4.78 is 21.2. The Labute approximate surface area is 245 Å². The molecule has 6 heterocycles. The quantitative estimate of drug-likeness (QED) is 0.282. The maximum Gasteiger partial charge on any atom is 0.292 e. The van der Waals surface area contributed by atoms with E-state index in [1.54, 1.807) is 30.6 Å². The van der Waals surface area contributed by atoms with Crippen molar-refractivity contribution in [1.29, 1.82) is 0 Å². The number of methoxy groups -OCH3 is 1. The fourth-order valence-corrected chi connectivity index (χ4v) is 6.60. The first-order chi connectivity index (χ1) is 20.8. The van der Waals surface area contributed by atoms with E-state index in [2.05, 4.69) is 25.3 Å². The number of ketones is 1. The normalized spacial score (nSPS) is 19.6. The maximum absolute atomic E-state index is 14.7. The van der Waals surface area contributed by atoms with E-state index in [0.717, 1.165) is 12.8 Å². The molecule has 43 heavy (non-hydrogen) atoms. The molecule has 5 aromatic rings. The highest BCUT2D eigenvalue weighted by Crippen LogP contribution is 2.45. The summed E-state index contributed by atoms with van der Waals surface area (Å²) >= 11 is 0. The molecule has 2 bridgehead atoms. The fraction of sp³-hybridized carbons (Fsp3) is 0.300. The van der Waals surface area contributed by atoms with Gasteiger partial charge in [-0.05, 0) is 50.8 Å². The van der Waals surface area contributed by atoms with Gasteiger partial charge in [-0.25, -0.2) is 9.37 Å². The summed E-state index contributed by atoms with van der Waals surface area (Å²) in [5.41, 5.74) is 10.3. The van der Waals surface area contributed by atoms with Crippen LogP contribution < -0.4 is 10.5 Å². The van der Waals surface area contributed by atoms with Crippen molar-refractivity contribution < 1.29 is 18.7 Å². The highest BCUT2D eigenvalue weighted by Gasteiger charge is 2.45. The summed E-state index contributed by atoms with van der Waals surface area (Å²) in [6.07, 6.45) is 7.68. The van der Waals surface area contributed by atoms with Gasteiger partial charge in [-0.3, -0.25) is 14.6 Å². The molecular formula is C30H28FN9O3. The Bertz CT molecular complexity index is 1860. The Morgan fingerprint density at radius 3 is 2.51 bits per heavy atom. The number of Topliss-reactive ketones (excluding diaryl/α,β-unsaturated/α-hetero) is 1. The number of nitrogens with zero attached hydrogens (tertiary/aromatic N) is 7.